The van der Waals surface area contributed by atoms with Gasteiger partial charge in [0, 0.05) is 29.2 Å². The maximum atomic E-state index is 13.3. The van der Waals surface area contributed by atoms with Gasteiger partial charge in [0.1, 0.15) is 12.1 Å². The molecule has 8 heteroatoms. The van der Waals surface area contributed by atoms with E-state index in [0.29, 0.717) is 18.7 Å². The minimum atomic E-state index is -0.278. The molecule has 1 N–H and O–H groups in total. The van der Waals surface area contributed by atoms with Crippen molar-refractivity contribution in [3.63, 3.8) is 0 Å². The highest BCUT2D eigenvalue weighted by molar-refractivity contribution is 5.94. The standard InChI is InChI=1S/C19H17FN6O/c1-25(11-17-9-15-8-16(20)6-7-18(15)22-17)19(27)14-4-2-13(3-5-14)10-26-12-21-23-24-26/h2-9,12,22H,10-11H2,1H3. The highest BCUT2D eigenvalue weighted by atomic mass is 19.1. The summed E-state index contributed by atoms with van der Waals surface area (Å²) in [5.41, 5.74) is 3.29. The average molecular weight is 364 g/mol. The van der Waals surface area contributed by atoms with Crippen molar-refractivity contribution in [2.45, 2.75) is 13.1 Å². The molecule has 0 unspecified atom stereocenters. The predicted octanol–water partition coefficient (Wildman–Crippen LogP) is 2.61. The van der Waals surface area contributed by atoms with Crippen LogP contribution < -0.4 is 0 Å². The number of hydrogen-bond donors (Lipinski definition) is 1. The number of H-pyrrole nitrogens is 1. The summed E-state index contributed by atoms with van der Waals surface area (Å²) >= 11 is 0. The number of aromatic nitrogens is 5. The van der Waals surface area contributed by atoms with E-state index in [-0.39, 0.29) is 11.7 Å². The Labute approximate surface area is 154 Å². The summed E-state index contributed by atoms with van der Waals surface area (Å²) in [5, 5.41) is 11.8. The van der Waals surface area contributed by atoms with E-state index in [9.17, 15) is 9.18 Å². The first kappa shape index (κ1) is 16.9. The lowest BCUT2D eigenvalue weighted by Gasteiger charge is -2.16. The summed E-state index contributed by atoms with van der Waals surface area (Å²) in [7, 11) is 1.74. The smallest absolute Gasteiger partial charge is 0.253 e. The Bertz CT molecular complexity index is 1070. The minimum Gasteiger partial charge on any atom is -0.357 e. The molecule has 4 rings (SSSR count). The van der Waals surface area contributed by atoms with Crippen LogP contribution in [0.3, 0.4) is 0 Å². The largest absolute Gasteiger partial charge is 0.357 e. The zero-order valence-electron chi connectivity index (χ0n) is 14.6. The minimum absolute atomic E-state index is 0.0891. The molecule has 0 spiro atoms. The van der Waals surface area contributed by atoms with Crippen LogP contribution in [0.5, 0.6) is 0 Å². The molecule has 2 aromatic heterocycles. The van der Waals surface area contributed by atoms with Crippen LogP contribution in [0, 0.1) is 5.82 Å². The second-order valence-electron chi connectivity index (χ2n) is 6.39. The second kappa shape index (κ2) is 6.99. The predicted molar refractivity (Wildman–Crippen MR) is 97.4 cm³/mol. The molecule has 0 atom stereocenters. The van der Waals surface area contributed by atoms with Gasteiger partial charge in [0.15, 0.2) is 0 Å². The monoisotopic (exact) mass is 364 g/mol. The molecule has 1 amide bonds. The van der Waals surface area contributed by atoms with E-state index in [1.54, 1.807) is 41.2 Å². The van der Waals surface area contributed by atoms with Crippen molar-refractivity contribution < 1.29 is 9.18 Å². The molecule has 0 aliphatic rings. The highest BCUT2D eigenvalue weighted by Crippen LogP contribution is 2.18. The molecule has 27 heavy (non-hydrogen) atoms. The van der Waals surface area contributed by atoms with E-state index < -0.39 is 0 Å². The fourth-order valence-corrected chi connectivity index (χ4v) is 2.99. The number of hydrogen-bond acceptors (Lipinski definition) is 4. The van der Waals surface area contributed by atoms with Gasteiger partial charge in [0.05, 0.1) is 13.1 Å². The maximum absolute atomic E-state index is 13.3. The Balaban J connectivity index is 1.44. The summed E-state index contributed by atoms with van der Waals surface area (Å²) in [6.07, 6.45) is 1.54. The SMILES string of the molecule is CN(Cc1cc2cc(F)ccc2[nH]1)C(=O)c1ccc(Cn2cnnn2)cc1. The lowest BCUT2D eigenvalue weighted by Crippen LogP contribution is -2.26. The molecule has 0 aliphatic heterocycles. The molecule has 0 aliphatic carbocycles. The Morgan fingerprint density at radius 1 is 1.19 bits per heavy atom. The van der Waals surface area contributed by atoms with Gasteiger partial charge in [0.25, 0.3) is 5.91 Å². The van der Waals surface area contributed by atoms with Gasteiger partial charge < -0.3 is 9.88 Å². The normalized spacial score (nSPS) is 11.0. The van der Waals surface area contributed by atoms with Crippen LogP contribution in [-0.4, -0.2) is 43.0 Å². The van der Waals surface area contributed by atoms with Gasteiger partial charge in [-0.05, 0) is 52.4 Å². The Kier molecular flexibility index (Phi) is 4.37. The van der Waals surface area contributed by atoms with E-state index in [2.05, 4.69) is 20.5 Å². The van der Waals surface area contributed by atoms with Gasteiger partial charge in [-0.3, -0.25) is 4.79 Å². The van der Waals surface area contributed by atoms with Gasteiger partial charge in [0.2, 0.25) is 0 Å². The fraction of sp³-hybridized carbons (Fsp3) is 0.158. The van der Waals surface area contributed by atoms with Crippen LogP contribution in [0.1, 0.15) is 21.6 Å². The Hall–Kier alpha value is -3.55. The van der Waals surface area contributed by atoms with E-state index in [0.717, 1.165) is 22.2 Å². The van der Waals surface area contributed by atoms with Crippen molar-refractivity contribution in [2.75, 3.05) is 7.05 Å². The number of amides is 1. The third-order valence-corrected chi connectivity index (χ3v) is 4.33. The van der Waals surface area contributed by atoms with Crippen LogP contribution >= 0.6 is 0 Å². The van der Waals surface area contributed by atoms with Crippen molar-refractivity contribution in [3.8, 4) is 0 Å². The molecule has 4 aromatic rings. The number of benzene rings is 2. The van der Waals surface area contributed by atoms with E-state index in [1.165, 1.54) is 12.1 Å². The van der Waals surface area contributed by atoms with Crippen LogP contribution in [0.4, 0.5) is 4.39 Å². The van der Waals surface area contributed by atoms with Crippen LogP contribution in [0.15, 0.2) is 54.9 Å². The summed E-state index contributed by atoms with van der Waals surface area (Å²) in [4.78, 5) is 17.5. The van der Waals surface area contributed by atoms with Gasteiger partial charge in [-0.1, -0.05) is 12.1 Å². The molecule has 0 fully saturated rings. The fourth-order valence-electron chi connectivity index (χ4n) is 2.99. The number of tetrazole rings is 1. The molecule has 0 radical (unpaired) electrons. The second-order valence-corrected chi connectivity index (χ2v) is 6.39. The lowest BCUT2D eigenvalue weighted by atomic mass is 10.1. The number of carbonyl (C=O) groups is 1. The summed E-state index contributed by atoms with van der Waals surface area (Å²) in [6, 6.07) is 13.8. The number of fused-ring (bicyclic) bond motifs is 1. The summed E-state index contributed by atoms with van der Waals surface area (Å²) < 4.78 is 14.9. The van der Waals surface area contributed by atoms with E-state index >= 15 is 0 Å². The third kappa shape index (κ3) is 3.69. The van der Waals surface area contributed by atoms with Crippen molar-refractivity contribution in [2.24, 2.45) is 0 Å². The van der Waals surface area contributed by atoms with Crippen LogP contribution in [0.25, 0.3) is 10.9 Å². The number of nitrogens with one attached hydrogen (secondary N) is 1. The zero-order valence-corrected chi connectivity index (χ0v) is 14.6. The van der Waals surface area contributed by atoms with Gasteiger partial charge >= 0.3 is 0 Å². The van der Waals surface area contributed by atoms with E-state index in [1.807, 2.05) is 18.2 Å². The molecule has 136 valence electrons. The van der Waals surface area contributed by atoms with Crippen molar-refractivity contribution in [3.05, 3.63) is 77.5 Å². The average Bonchev–Trinajstić information content (AvgIpc) is 3.30. The molecule has 7 nitrogen and oxygen atoms in total. The van der Waals surface area contributed by atoms with Crippen molar-refractivity contribution in [1.29, 1.82) is 0 Å². The first-order valence-electron chi connectivity index (χ1n) is 8.41. The Morgan fingerprint density at radius 3 is 2.74 bits per heavy atom. The highest BCUT2D eigenvalue weighted by Gasteiger charge is 2.13. The van der Waals surface area contributed by atoms with Crippen LogP contribution in [-0.2, 0) is 13.1 Å². The molecule has 2 heterocycles. The maximum Gasteiger partial charge on any atom is 0.253 e. The summed E-state index contributed by atoms with van der Waals surface area (Å²) in [6.45, 7) is 0.949. The number of halogens is 1. The Morgan fingerprint density at radius 2 is 2.00 bits per heavy atom. The topological polar surface area (TPSA) is 79.7 Å². The number of carbonyl (C=O) groups excluding carboxylic acids is 1. The van der Waals surface area contributed by atoms with Gasteiger partial charge in [-0.25, -0.2) is 9.07 Å². The molecule has 0 bridgehead atoms. The number of rotatable bonds is 5. The zero-order chi connectivity index (χ0) is 18.8. The first-order valence-corrected chi connectivity index (χ1v) is 8.41. The van der Waals surface area contributed by atoms with Crippen molar-refractivity contribution in [1.82, 2.24) is 30.1 Å². The molecule has 0 saturated heterocycles. The van der Waals surface area contributed by atoms with Gasteiger partial charge in [-0.15, -0.1) is 5.10 Å². The van der Waals surface area contributed by atoms with Crippen molar-refractivity contribution >= 4 is 16.8 Å². The molecular formula is C19H17FN6O. The molecular weight excluding hydrogens is 347 g/mol. The summed E-state index contributed by atoms with van der Waals surface area (Å²) in [5.74, 6) is -0.368. The number of aromatic amines is 1. The number of nitrogens with zero attached hydrogens (tertiary/aromatic N) is 5. The molecule has 2 aromatic carbocycles. The first-order chi connectivity index (χ1) is 13.1. The molecule has 0 saturated carbocycles. The van der Waals surface area contributed by atoms with Gasteiger partial charge in [-0.2, -0.15) is 0 Å². The lowest BCUT2D eigenvalue weighted by molar-refractivity contribution is 0.0783. The van der Waals surface area contributed by atoms with Crippen LogP contribution in [0.2, 0.25) is 0 Å². The quantitative estimate of drug-likeness (QED) is 0.590. The van der Waals surface area contributed by atoms with E-state index in [4.69, 9.17) is 0 Å². The third-order valence-electron chi connectivity index (χ3n) is 4.33.